The first-order chi connectivity index (χ1) is 15.4. The fraction of sp³-hybridized carbons (Fsp3) is 0.217. The minimum atomic E-state index is -1.25. The number of hydrogen-bond donors (Lipinski definition) is 3. The van der Waals surface area contributed by atoms with E-state index in [-0.39, 0.29) is 13.1 Å². The first kappa shape index (κ1) is 21.1. The predicted molar refractivity (Wildman–Crippen MR) is 117 cm³/mol. The van der Waals surface area contributed by atoms with Gasteiger partial charge in [0.2, 0.25) is 0 Å². The number of carboxylic acid groups (broad SMARTS) is 1. The maximum atomic E-state index is 12.8. The fourth-order valence-corrected chi connectivity index (χ4v) is 3.95. The summed E-state index contributed by atoms with van der Waals surface area (Å²) in [5.74, 6) is -2.89. The van der Waals surface area contributed by atoms with Crippen LogP contribution in [0.2, 0.25) is 0 Å². The molecule has 0 radical (unpaired) electrons. The van der Waals surface area contributed by atoms with Crippen molar-refractivity contribution in [2.75, 3.05) is 18.0 Å². The van der Waals surface area contributed by atoms with E-state index in [0.717, 1.165) is 26.3 Å². The summed E-state index contributed by atoms with van der Waals surface area (Å²) >= 11 is 0. The molecule has 32 heavy (non-hydrogen) atoms. The van der Waals surface area contributed by atoms with Crippen molar-refractivity contribution in [1.29, 1.82) is 0 Å². The molecular weight excluding hydrogens is 412 g/mol. The number of nitrogens with one attached hydrogen (secondary N) is 2. The van der Waals surface area contributed by atoms with Crippen LogP contribution in [0.5, 0.6) is 0 Å². The van der Waals surface area contributed by atoms with Crippen LogP contribution in [0.1, 0.15) is 18.4 Å². The van der Waals surface area contributed by atoms with Gasteiger partial charge in [-0.1, -0.05) is 43.3 Å². The van der Waals surface area contributed by atoms with Gasteiger partial charge in [0.25, 0.3) is 11.8 Å². The third-order valence-electron chi connectivity index (χ3n) is 5.61. The van der Waals surface area contributed by atoms with Crippen molar-refractivity contribution < 1.29 is 24.3 Å². The number of hydrogen-bond acceptors (Lipinski definition) is 4. The lowest BCUT2D eigenvalue weighted by atomic mass is 9.93. The second-order valence-corrected chi connectivity index (χ2v) is 7.66. The zero-order valence-corrected chi connectivity index (χ0v) is 17.3. The quantitative estimate of drug-likeness (QED) is 0.532. The Morgan fingerprint density at radius 2 is 1.62 bits per heavy atom. The molecule has 1 saturated heterocycles. The number of amides is 4. The van der Waals surface area contributed by atoms with E-state index in [1.165, 1.54) is 0 Å². The maximum Gasteiger partial charge on any atom is 0.326 e. The number of piperazine rings is 1. The number of anilines is 1. The number of aromatic nitrogens is 1. The highest BCUT2D eigenvalue weighted by atomic mass is 16.4. The Morgan fingerprint density at radius 3 is 2.28 bits per heavy atom. The van der Waals surface area contributed by atoms with Gasteiger partial charge in [-0.25, -0.2) is 14.5 Å². The standard InChI is InChI=1S/C23H22N4O5/c1-14(17-11-24-18-10-6-5-9-16(17)18)21(22(30)31)25-23(32)26-12-19(28)27(20(29)13-26)15-7-3-2-4-8-15/h2-11,14,21,24H,12-13H2,1H3,(H,25,32)(H,30,31)/t14-,21+/m0/s1. The van der Waals surface area contributed by atoms with Gasteiger partial charge in [-0.05, 0) is 23.8 Å². The van der Waals surface area contributed by atoms with Crippen molar-refractivity contribution >= 4 is 40.4 Å². The number of H-pyrrole nitrogens is 1. The van der Waals surface area contributed by atoms with Crippen LogP contribution in [-0.4, -0.2) is 57.9 Å². The number of aliphatic carboxylic acids is 1. The number of benzene rings is 2. The van der Waals surface area contributed by atoms with E-state index in [0.29, 0.717) is 5.69 Å². The van der Waals surface area contributed by atoms with Gasteiger partial charge in [-0.15, -0.1) is 0 Å². The van der Waals surface area contributed by atoms with Gasteiger partial charge in [0.05, 0.1) is 5.69 Å². The van der Waals surface area contributed by atoms with Gasteiger partial charge in [0.1, 0.15) is 19.1 Å². The van der Waals surface area contributed by atoms with Crippen LogP contribution in [0, 0.1) is 0 Å². The smallest absolute Gasteiger partial charge is 0.326 e. The molecular formula is C23H22N4O5. The molecule has 164 valence electrons. The normalized spacial score (nSPS) is 16.2. The zero-order chi connectivity index (χ0) is 22.8. The van der Waals surface area contributed by atoms with Crippen LogP contribution < -0.4 is 10.2 Å². The lowest BCUT2D eigenvalue weighted by Gasteiger charge is -2.33. The van der Waals surface area contributed by atoms with E-state index in [9.17, 15) is 24.3 Å². The van der Waals surface area contributed by atoms with Gasteiger partial charge in [0.15, 0.2) is 0 Å². The molecule has 1 aliphatic rings. The first-order valence-electron chi connectivity index (χ1n) is 10.1. The lowest BCUT2D eigenvalue weighted by Crippen LogP contribution is -2.59. The van der Waals surface area contributed by atoms with Gasteiger partial charge >= 0.3 is 12.0 Å². The third kappa shape index (κ3) is 3.92. The van der Waals surface area contributed by atoms with E-state index < -0.39 is 35.8 Å². The van der Waals surface area contributed by atoms with E-state index in [1.807, 2.05) is 24.3 Å². The van der Waals surface area contributed by atoms with E-state index >= 15 is 0 Å². The molecule has 9 nitrogen and oxygen atoms in total. The fourth-order valence-electron chi connectivity index (χ4n) is 3.95. The highest BCUT2D eigenvalue weighted by Crippen LogP contribution is 2.28. The van der Waals surface area contributed by atoms with Crippen molar-refractivity contribution in [3.63, 3.8) is 0 Å². The highest BCUT2D eigenvalue weighted by Gasteiger charge is 2.37. The topological polar surface area (TPSA) is 123 Å². The highest BCUT2D eigenvalue weighted by molar-refractivity contribution is 6.19. The summed E-state index contributed by atoms with van der Waals surface area (Å²) in [5.41, 5.74) is 2.03. The number of fused-ring (bicyclic) bond motifs is 1. The van der Waals surface area contributed by atoms with Crippen molar-refractivity contribution in [2.24, 2.45) is 0 Å². The second-order valence-electron chi connectivity index (χ2n) is 7.66. The van der Waals surface area contributed by atoms with Crippen molar-refractivity contribution in [1.82, 2.24) is 15.2 Å². The third-order valence-corrected chi connectivity index (χ3v) is 5.61. The number of carboxylic acids is 1. The summed E-state index contributed by atoms with van der Waals surface area (Å²) in [7, 11) is 0. The Balaban J connectivity index is 1.50. The van der Waals surface area contributed by atoms with Crippen LogP contribution in [0.25, 0.3) is 10.9 Å². The predicted octanol–water partition coefficient (Wildman–Crippen LogP) is 2.31. The van der Waals surface area contributed by atoms with Crippen molar-refractivity contribution in [3.8, 4) is 0 Å². The SMILES string of the molecule is C[C@@H](c1c[nH]c2ccccc12)[C@@H](NC(=O)N1CC(=O)N(c2ccccc2)C(=O)C1)C(=O)O. The molecule has 1 aromatic heterocycles. The Kier molecular flexibility index (Phi) is 5.63. The zero-order valence-electron chi connectivity index (χ0n) is 17.3. The molecule has 2 atom stereocenters. The van der Waals surface area contributed by atoms with Gasteiger partial charge in [0, 0.05) is 23.0 Å². The summed E-state index contributed by atoms with van der Waals surface area (Å²) < 4.78 is 0. The Bertz CT molecular complexity index is 1170. The molecule has 2 aromatic carbocycles. The molecule has 0 spiro atoms. The Morgan fingerprint density at radius 1 is 1.00 bits per heavy atom. The minimum absolute atomic E-state index is 0.333. The van der Waals surface area contributed by atoms with Crippen LogP contribution in [0.3, 0.4) is 0 Å². The largest absolute Gasteiger partial charge is 0.480 e. The van der Waals surface area contributed by atoms with Crippen LogP contribution in [-0.2, 0) is 14.4 Å². The monoisotopic (exact) mass is 434 g/mol. The number of aromatic amines is 1. The molecule has 0 bridgehead atoms. The Hall–Kier alpha value is -4.14. The first-order valence-corrected chi connectivity index (χ1v) is 10.1. The number of para-hydroxylation sites is 2. The van der Waals surface area contributed by atoms with E-state index in [2.05, 4.69) is 10.3 Å². The summed E-state index contributed by atoms with van der Waals surface area (Å²) in [6.45, 7) is 1.04. The van der Waals surface area contributed by atoms with Crippen LogP contribution >= 0.6 is 0 Å². The molecule has 2 heterocycles. The summed E-state index contributed by atoms with van der Waals surface area (Å²) in [6.07, 6.45) is 1.73. The summed E-state index contributed by atoms with van der Waals surface area (Å²) in [4.78, 5) is 55.1. The number of urea groups is 1. The number of carbonyl (C=O) groups is 4. The minimum Gasteiger partial charge on any atom is -0.480 e. The van der Waals surface area contributed by atoms with E-state index in [1.54, 1.807) is 43.5 Å². The number of rotatable bonds is 5. The molecule has 0 aliphatic carbocycles. The second kappa shape index (κ2) is 8.54. The average molecular weight is 434 g/mol. The summed E-state index contributed by atoms with van der Waals surface area (Å²) in [6, 6.07) is 13.9. The van der Waals surface area contributed by atoms with Crippen molar-refractivity contribution in [2.45, 2.75) is 18.9 Å². The van der Waals surface area contributed by atoms with Crippen LogP contribution in [0.15, 0.2) is 60.8 Å². The molecule has 9 heteroatoms. The maximum absolute atomic E-state index is 12.8. The molecule has 3 aromatic rings. The number of imide groups is 1. The number of carbonyl (C=O) groups excluding carboxylic acids is 3. The molecule has 0 unspecified atom stereocenters. The molecule has 3 N–H and O–H groups in total. The van der Waals surface area contributed by atoms with Crippen molar-refractivity contribution in [3.05, 3.63) is 66.4 Å². The summed E-state index contributed by atoms with van der Waals surface area (Å²) in [5, 5.41) is 13.1. The molecule has 1 fully saturated rings. The number of nitrogens with zero attached hydrogens (tertiary/aromatic N) is 2. The Labute approximate surface area is 183 Å². The molecule has 4 amide bonds. The molecule has 4 rings (SSSR count). The average Bonchev–Trinajstić information content (AvgIpc) is 3.21. The van der Waals surface area contributed by atoms with Gasteiger partial charge < -0.3 is 20.3 Å². The van der Waals surface area contributed by atoms with Crippen LogP contribution in [0.4, 0.5) is 10.5 Å². The lowest BCUT2D eigenvalue weighted by molar-refractivity contribution is -0.139. The van der Waals surface area contributed by atoms with Gasteiger partial charge in [-0.2, -0.15) is 0 Å². The molecule has 1 aliphatic heterocycles. The molecule has 0 saturated carbocycles. The van der Waals surface area contributed by atoms with Gasteiger partial charge in [-0.3, -0.25) is 9.59 Å². The van der Waals surface area contributed by atoms with E-state index in [4.69, 9.17) is 0 Å².